The molecule has 30 heavy (non-hydrogen) atoms. The third-order valence-corrected chi connectivity index (χ3v) is 7.00. The number of thiophene rings is 1. The lowest BCUT2D eigenvalue weighted by molar-refractivity contribution is 0.259. The minimum absolute atomic E-state index is 0.547. The van der Waals surface area contributed by atoms with E-state index in [2.05, 4.69) is 47.5 Å². The van der Waals surface area contributed by atoms with Crippen LogP contribution in [0, 0.1) is 0 Å². The van der Waals surface area contributed by atoms with Crippen LogP contribution in [0.15, 0.2) is 57.9 Å². The molecule has 1 fully saturated rings. The fraction of sp³-hybridized carbons (Fsp3) is 0.333. The molecule has 1 aliphatic rings. The summed E-state index contributed by atoms with van der Waals surface area (Å²) >= 11 is 3.40. The molecule has 9 heteroatoms. The molecule has 4 aromatic heterocycles. The summed E-state index contributed by atoms with van der Waals surface area (Å²) in [6, 6.07) is 8.02. The van der Waals surface area contributed by atoms with Gasteiger partial charge in [0.2, 0.25) is 5.89 Å². The molecular formula is C21H22N6OS2. The van der Waals surface area contributed by atoms with Crippen LogP contribution >= 0.6 is 23.1 Å². The Hall–Kier alpha value is -2.49. The Balaban J connectivity index is 1.07. The molecule has 7 nitrogen and oxygen atoms in total. The van der Waals surface area contributed by atoms with Gasteiger partial charge in [-0.3, -0.25) is 9.88 Å². The average molecular weight is 439 g/mol. The SMILES string of the molecule is c1cc(-c2nnc(SCCCN3CCN(c4nccc5sccc45)CC3)o2)ccn1. The van der Waals surface area contributed by atoms with Crippen molar-refractivity contribution in [3.8, 4) is 11.5 Å². The second-order valence-electron chi connectivity index (χ2n) is 7.11. The van der Waals surface area contributed by atoms with Gasteiger partial charge in [-0.25, -0.2) is 4.98 Å². The zero-order valence-electron chi connectivity index (χ0n) is 16.5. The molecular weight excluding hydrogens is 416 g/mol. The first-order chi connectivity index (χ1) is 14.9. The summed E-state index contributed by atoms with van der Waals surface area (Å²) in [5.74, 6) is 2.64. The maximum Gasteiger partial charge on any atom is 0.276 e. The van der Waals surface area contributed by atoms with Crippen molar-refractivity contribution in [3.63, 3.8) is 0 Å². The Bertz CT molecular complexity index is 1090. The molecule has 0 atom stereocenters. The predicted molar refractivity (Wildman–Crippen MR) is 121 cm³/mol. The summed E-state index contributed by atoms with van der Waals surface area (Å²) in [5.41, 5.74) is 0.898. The fourth-order valence-corrected chi connectivity index (χ4v) is 5.10. The number of rotatable bonds is 7. The summed E-state index contributed by atoms with van der Waals surface area (Å²) < 4.78 is 7.05. The van der Waals surface area contributed by atoms with Crippen molar-refractivity contribution in [1.29, 1.82) is 0 Å². The van der Waals surface area contributed by atoms with Crippen LogP contribution in [0.4, 0.5) is 5.82 Å². The van der Waals surface area contributed by atoms with E-state index in [9.17, 15) is 0 Å². The molecule has 0 unspecified atom stereocenters. The number of nitrogens with zero attached hydrogens (tertiary/aromatic N) is 6. The van der Waals surface area contributed by atoms with Crippen molar-refractivity contribution in [2.24, 2.45) is 0 Å². The van der Waals surface area contributed by atoms with Crippen molar-refractivity contribution in [1.82, 2.24) is 25.1 Å². The molecule has 0 bridgehead atoms. The van der Waals surface area contributed by atoms with Crippen LogP contribution in [0.1, 0.15) is 6.42 Å². The number of thioether (sulfide) groups is 1. The van der Waals surface area contributed by atoms with Crippen LogP contribution in [0.25, 0.3) is 21.5 Å². The van der Waals surface area contributed by atoms with E-state index in [4.69, 9.17) is 4.42 Å². The van der Waals surface area contributed by atoms with Crippen molar-refractivity contribution in [3.05, 3.63) is 48.2 Å². The number of pyridine rings is 2. The van der Waals surface area contributed by atoms with E-state index in [1.165, 1.54) is 10.1 Å². The smallest absolute Gasteiger partial charge is 0.276 e. The van der Waals surface area contributed by atoms with Crippen LogP contribution in [-0.2, 0) is 0 Å². The minimum atomic E-state index is 0.547. The third kappa shape index (κ3) is 4.33. The van der Waals surface area contributed by atoms with Gasteiger partial charge >= 0.3 is 0 Å². The number of piperazine rings is 1. The van der Waals surface area contributed by atoms with Crippen molar-refractivity contribution < 1.29 is 4.42 Å². The standard InChI is InChI=1S/C21H22N6OS2/c1(14-30-21-25-24-20(28-21)16-2-6-22-7-3-16)9-26-10-12-27(13-11-26)19-17-5-15-29-18(17)4-8-23-19/h2-8,15H,1,9-14H2. The van der Waals surface area contributed by atoms with Crippen LogP contribution in [0.2, 0.25) is 0 Å². The van der Waals surface area contributed by atoms with Gasteiger partial charge in [-0.2, -0.15) is 0 Å². The van der Waals surface area contributed by atoms with E-state index in [0.717, 1.165) is 56.3 Å². The van der Waals surface area contributed by atoms with Crippen LogP contribution in [0.5, 0.6) is 0 Å². The van der Waals surface area contributed by atoms with Crippen molar-refractivity contribution in [2.75, 3.05) is 43.4 Å². The van der Waals surface area contributed by atoms with Gasteiger partial charge in [0, 0.05) is 66.2 Å². The lowest BCUT2D eigenvalue weighted by atomic mass is 10.2. The van der Waals surface area contributed by atoms with Gasteiger partial charge in [-0.1, -0.05) is 11.8 Å². The van der Waals surface area contributed by atoms with Gasteiger partial charge in [0.15, 0.2) is 0 Å². The number of aromatic nitrogens is 4. The highest BCUT2D eigenvalue weighted by atomic mass is 32.2. The fourth-order valence-electron chi connectivity index (χ4n) is 3.64. The van der Waals surface area contributed by atoms with E-state index in [1.807, 2.05) is 18.3 Å². The van der Waals surface area contributed by atoms with E-state index in [-0.39, 0.29) is 0 Å². The largest absolute Gasteiger partial charge is 0.411 e. The average Bonchev–Trinajstić information content (AvgIpc) is 3.47. The zero-order chi connectivity index (χ0) is 20.2. The van der Waals surface area contributed by atoms with Gasteiger partial charge in [-0.15, -0.1) is 21.5 Å². The topological polar surface area (TPSA) is 71.2 Å². The Morgan fingerprint density at radius 1 is 1.00 bits per heavy atom. The molecule has 154 valence electrons. The molecule has 0 spiro atoms. The number of fused-ring (bicyclic) bond motifs is 1. The Morgan fingerprint density at radius 3 is 2.73 bits per heavy atom. The Morgan fingerprint density at radius 2 is 1.87 bits per heavy atom. The van der Waals surface area contributed by atoms with Gasteiger partial charge in [0.05, 0.1) is 0 Å². The minimum Gasteiger partial charge on any atom is -0.411 e. The second-order valence-corrected chi connectivity index (χ2v) is 9.10. The monoisotopic (exact) mass is 438 g/mol. The predicted octanol–water partition coefficient (Wildman–Crippen LogP) is 4.05. The highest BCUT2D eigenvalue weighted by Gasteiger charge is 2.19. The normalized spacial score (nSPS) is 15.1. The maximum atomic E-state index is 5.74. The third-order valence-electron chi connectivity index (χ3n) is 5.21. The first-order valence-corrected chi connectivity index (χ1v) is 11.9. The Kier molecular flexibility index (Phi) is 5.91. The van der Waals surface area contributed by atoms with E-state index in [1.54, 1.807) is 35.5 Å². The van der Waals surface area contributed by atoms with Crippen LogP contribution in [-0.4, -0.2) is 63.5 Å². The molecule has 1 aliphatic heterocycles. The highest BCUT2D eigenvalue weighted by Crippen LogP contribution is 2.29. The molecule has 5 heterocycles. The van der Waals surface area contributed by atoms with E-state index >= 15 is 0 Å². The summed E-state index contributed by atoms with van der Waals surface area (Å²) in [7, 11) is 0. The second kappa shape index (κ2) is 9.11. The summed E-state index contributed by atoms with van der Waals surface area (Å²) in [6.07, 6.45) is 6.47. The summed E-state index contributed by atoms with van der Waals surface area (Å²) in [6.45, 7) is 5.27. The first kappa shape index (κ1) is 19.5. The molecule has 0 aliphatic carbocycles. The number of hydrogen-bond acceptors (Lipinski definition) is 9. The van der Waals surface area contributed by atoms with Gasteiger partial charge in [0.25, 0.3) is 5.22 Å². The summed E-state index contributed by atoms with van der Waals surface area (Å²) in [5, 5.41) is 12.3. The van der Waals surface area contributed by atoms with Gasteiger partial charge in [0.1, 0.15) is 5.82 Å². The lowest BCUT2D eigenvalue weighted by Crippen LogP contribution is -2.47. The quantitative estimate of drug-likeness (QED) is 0.316. The molecule has 0 aromatic carbocycles. The molecule has 0 radical (unpaired) electrons. The van der Waals surface area contributed by atoms with Crippen LogP contribution in [0.3, 0.4) is 0 Å². The molecule has 4 aromatic rings. The van der Waals surface area contributed by atoms with Gasteiger partial charge < -0.3 is 9.32 Å². The number of anilines is 1. The molecule has 0 N–H and O–H groups in total. The Labute approximate surface area is 183 Å². The molecule has 5 rings (SSSR count). The van der Waals surface area contributed by atoms with Crippen molar-refractivity contribution in [2.45, 2.75) is 11.6 Å². The van der Waals surface area contributed by atoms with Crippen LogP contribution < -0.4 is 4.90 Å². The molecule has 0 amide bonds. The number of hydrogen-bond donors (Lipinski definition) is 0. The van der Waals surface area contributed by atoms with Gasteiger partial charge in [-0.05, 0) is 42.6 Å². The molecule has 1 saturated heterocycles. The van der Waals surface area contributed by atoms with E-state index < -0.39 is 0 Å². The first-order valence-electron chi connectivity index (χ1n) is 10.0. The van der Waals surface area contributed by atoms with Crippen molar-refractivity contribution >= 4 is 39.0 Å². The zero-order valence-corrected chi connectivity index (χ0v) is 18.1. The lowest BCUT2D eigenvalue weighted by Gasteiger charge is -2.35. The summed E-state index contributed by atoms with van der Waals surface area (Å²) in [4.78, 5) is 13.6. The van der Waals surface area contributed by atoms with E-state index in [0.29, 0.717) is 11.1 Å². The molecule has 0 saturated carbocycles. The maximum absolute atomic E-state index is 5.74. The highest BCUT2D eigenvalue weighted by molar-refractivity contribution is 7.99.